The Bertz CT molecular complexity index is 1960. The van der Waals surface area contributed by atoms with Gasteiger partial charge in [-0.2, -0.15) is 0 Å². The number of halogens is 1. The van der Waals surface area contributed by atoms with Crippen molar-refractivity contribution in [3.05, 3.63) is 69.9 Å². The van der Waals surface area contributed by atoms with Crippen molar-refractivity contribution in [2.75, 3.05) is 10.6 Å². The first-order valence-corrected chi connectivity index (χ1v) is 19.3. The quantitative estimate of drug-likeness (QED) is 0.186. The van der Waals surface area contributed by atoms with Crippen LogP contribution in [0.2, 0.25) is 0 Å². The number of nitrogens with one attached hydrogen (secondary N) is 2. The minimum absolute atomic E-state index is 0.0754. The summed E-state index contributed by atoms with van der Waals surface area (Å²) >= 11 is 4.35. The van der Waals surface area contributed by atoms with Gasteiger partial charge in [-0.25, -0.2) is 16.8 Å². The van der Waals surface area contributed by atoms with Crippen LogP contribution in [0.25, 0.3) is 0 Å². The van der Waals surface area contributed by atoms with Crippen LogP contribution in [-0.2, 0) is 40.1 Å². The summed E-state index contributed by atoms with van der Waals surface area (Å²) in [6.45, 7) is 17.2. The van der Waals surface area contributed by atoms with Gasteiger partial charge in [-0.1, -0.05) is 73.9 Å². The summed E-state index contributed by atoms with van der Waals surface area (Å²) in [4.78, 5) is 25.1. The van der Waals surface area contributed by atoms with Crippen molar-refractivity contribution >= 4 is 70.4 Å². The average Bonchev–Trinajstić information content (AvgIpc) is 3.75. The number of aromatic nitrogens is 2. The lowest BCUT2D eigenvalue weighted by molar-refractivity contribution is -0.118. The van der Waals surface area contributed by atoms with Gasteiger partial charge in [-0.15, -0.1) is 11.3 Å². The standard InChI is InChI=1S/C17H21BrN2O4S.C15H20N2O4S2/c1-16(2,3)13-10-14(20-24-13)19-15(21)17(4,5)25(22,23)12-8-6-11(18)7-9-12;1-14(2,3)10-9-11(17-21-10)16-13(18)15(4,5)23(19,20)12-7-6-8-22-12/h6-10H,1-5H3,(H,19,20,21);6-9H,1-5H3,(H,16,17,18). The van der Waals surface area contributed by atoms with Crippen LogP contribution in [0.1, 0.15) is 80.8 Å². The van der Waals surface area contributed by atoms with Gasteiger partial charge in [0.15, 0.2) is 26.2 Å². The van der Waals surface area contributed by atoms with E-state index < -0.39 is 41.0 Å². The van der Waals surface area contributed by atoms with E-state index in [-0.39, 0.29) is 31.6 Å². The zero-order valence-corrected chi connectivity index (χ0v) is 32.5. The smallest absolute Gasteiger partial charge is 0.246 e. The highest BCUT2D eigenvalue weighted by Crippen LogP contribution is 2.32. The van der Waals surface area contributed by atoms with Crippen molar-refractivity contribution in [3.63, 3.8) is 0 Å². The Morgan fingerprint density at radius 2 is 1.10 bits per heavy atom. The van der Waals surface area contributed by atoms with Crippen LogP contribution < -0.4 is 10.6 Å². The number of amides is 2. The summed E-state index contributed by atoms with van der Waals surface area (Å²) in [5.74, 6) is 0.260. The third-order valence-electron chi connectivity index (χ3n) is 7.30. The molecule has 262 valence electrons. The SMILES string of the molecule is CC(C)(C)c1cc(NC(=O)C(C)(C)S(=O)(=O)c2ccc(Br)cc2)no1.CC(C)(C)c1cc(NC(=O)C(C)(C)S(=O)(=O)c2cccs2)no1. The molecule has 2 amide bonds. The van der Waals surface area contributed by atoms with Crippen molar-refractivity contribution in [1.82, 2.24) is 10.3 Å². The number of nitrogens with zero attached hydrogens (tertiary/aromatic N) is 2. The molecule has 0 saturated heterocycles. The van der Waals surface area contributed by atoms with E-state index in [2.05, 4.69) is 36.9 Å². The second kappa shape index (κ2) is 13.9. The van der Waals surface area contributed by atoms with Gasteiger partial charge in [-0.05, 0) is 63.4 Å². The fourth-order valence-corrected chi connectivity index (χ4v) is 8.17. The number of hydrogen-bond donors (Lipinski definition) is 2. The highest BCUT2D eigenvalue weighted by Gasteiger charge is 2.44. The zero-order valence-electron chi connectivity index (χ0n) is 28.5. The zero-order chi connectivity index (χ0) is 36.5. The number of sulfone groups is 2. The molecule has 0 aliphatic rings. The van der Waals surface area contributed by atoms with Crippen LogP contribution in [-0.4, -0.2) is 48.5 Å². The van der Waals surface area contributed by atoms with Crippen molar-refractivity contribution in [2.45, 2.75) is 98.7 Å². The van der Waals surface area contributed by atoms with Crippen LogP contribution in [0.3, 0.4) is 0 Å². The number of anilines is 2. The van der Waals surface area contributed by atoms with Crippen molar-refractivity contribution in [3.8, 4) is 0 Å². The molecule has 48 heavy (non-hydrogen) atoms. The summed E-state index contributed by atoms with van der Waals surface area (Å²) in [5, 5.41) is 14.3. The number of benzene rings is 1. The Morgan fingerprint density at radius 3 is 1.46 bits per heavy atom. The molecule has 0 fully saturated rings. The molecule has 4 aromatic rings. The monoisotopic (exact) mass is 784 g/mol. The van der Waals surface area contributed by atoms with Gasteiger partial charge >= 0.3 is 0 Å². The number of hydrogen-bond acceptors (Lipinski definition) is 11. The second-order valence-corrected chi connectivity index (χ2v) is 21.1. The first kappa shape index (κ1) is 39.1. The van der Waals surface area contributed by atoms with E-state index in [1.165, 1.54) is 45.9 Å². The maximum atomic E-state index is 12.8. The predicted octanol–water partition coefficient (Wildman–Crippen LogP) is 7.15. The summed E-state index contributed by atoms with van der Waals surface area (Å²) in [6.07, 6.45) is 0. The molecule has 1 aromatic carbocycles. The fourth-order valence-electron chi connectivity index (χ4n) is 3.73. The lowest BCUT2D eigenvalue weighted by Gasteiger charge is -2.23. The maximum absolute atomic E-state index is 12.8. The molecule has 2 N–H and O–H groups in total. The van der Waals surface area contributed by atoms with Gasteiger partial charge in [-0.3, -0.25) is 9.59 Å². The Morgan fingerprint density at radius 1 is 0.688 bits per heavy atom. The van der Waals surface area contributed by atoms with E-state index in [1.807, 2.05) is 41.5 Å². The van der Waals surface area contributed by atoms with Gasteiger partial charge in [0.25, 0.3) is 0 Å². The first-order chi connectivity index (χ1) is 21.8. The molecule has 0 unspecified atom stereocenters. The van der Waals surface area contributed by atoms with Gasteiger partial charge in [0.2, 0.25) is 21.7 Å². The average molecular weight is 786 g/mol. The lowest BCUT2D eigenvalue weighted by Crippen LogP contribution is -2.44. The van der Waals surface area contributed by atoms with Gasteiger partial charge in [0.1, 0.15) is 20.5 Å². The number of carbonyl (C=O) groups is 2. The number of carbonyl (C=O) groups excluding carboxylic acids is 2. The van der Waals surface area contributed by atoms with Gasteiger partial charge < -0.3 is 19.7 Å². The summed E-state index contributed by atoms with van der Waals surface area (Å²) < 4.78 is 58.9. The van der Waals surface area contributed by atoms with E-state index >= 15 is 0 Å². The molecule has 0 aliphatic carbocycles. The third kappa shape index (κ3) is 8.44. The normalized spacial score (nSPS) is 13.0. The summed E-state index contributed by atoms with van der Waals surface area (Å²) in [7, 11) is -7.68. The molecule has 0 radical (unpaired) electrons. The maximum Gasteiger partial charge on any atom is 0.246 e. The first-order valence-electron chi connectivity index (χ1n) is 14.7. The highest BCUT2D eigenvalue weighted by molar-refractivity contribution is 9.10. The molecular weight excluding hydrogens is 744 g/mol. The number of thiophene rings is 1. The molecule has 0 aliphatic heterocycles. The van der Waals surface area contributed by atoms with Gasteiger partial charge in [0.05, 0.1) is 4.90 Å². The topological polar surface area (TPSA) is 179 Å². The van der Waals surface area contributed by atoms with E-state index in [0.717, 1.165) is 15.8 Å². The largest absolute Gasteiger partial charge is 0.359 e. The third-order valence-corrected chi connectivity index (χ3v) is 14.1. The molecular formula is C32H41BrN4O8S3. The van der Waals surface area contributed by atoms with Crippen molar-refractivity contribution in [1.29, 1.82) is 0 Å². The van der Waals surface area contributed by atoms with Crippen LogP contribution in [0, 0.1) is 0 Å². The van der Waals surface area contributed by atoms with Crippen molar-refractivity contribution in [2.24, 2.45) is 0 Å². The van der Waals surface area contributed by atoms with Crippen LogP contribution >= 0.6 is 27.3 Å². The molecule has 0 spiro atoms. The Kier molecular flexibility index (Phi) is 11.3. The fraction of sp³-hybridized carbons (Fsp3) is 0.438. The minimum atomic E-state index is -3.89. The van der Waals surface area contributed by atoms with E-state index in [4.69, 9.17) is 9.05 Å². The Labute approximate surface area is 294 Å². The molecule has 0 bridgehead atoms. The van der Waals surface area contributed by atoms with Crippen LogP contribution in [0.15, 0.2) is 76.5 Å². The molecule has 0 atom stereocenters. The molecule has 12 nitrogen and oxygen atoms in total. The highest BCUT2D eigenvalue weighted by atomic mass is 79.9. The van der Waals surface area contributed by atoms with Gasteiger partial charge in [0, 0.05) is 27.4 Å². The Hall–Kier alpha value is -3.34. The number of rotatable bonds is 8. The van der Waals surface area contributed by atoms with E-state index in [0.29, 0.717) is 11.5 Å². The summed E-state index contributed by atoms with van der Waals surface area (Å²) in [5.41, 5.74) is -0.524. The van der Waals surface area contributed by atoms with E-state index in [9.17, 15) is 26.4 Å². The lowest BCUT2D eigenvalue weighted by atomic mass is 9.93. The molecule has 4 rings (SSSR count). The van der Waals surface area contributed by atoms with Crippen molar-refractivity contribution < 1.29 is 35.5 Å². The molecule has 16 heteroatoms. The minimum Gasteiger partial charge on any atom is -0.359 e. The molecule has 3 aromatic heterocycles. The molecule has 0 saturated carbocycles. The van der Waals surface area contributed by atoms with E-state index in [1.54, 1.807) is 35.7 Å². The second-order valence-electron chi connectivity index (χ2n) is 14.0. The molecule has 3 heterocycles. The summed E-state index contributed by atoms with van der Waals surface area (Å²) in [6, 6.07) is 12.5. The van der Waals surface area contributed by atoms with Crippen LogP contribution in [0.5, 0.6) is 0 Å². The Balaban J connectivity index is 0.000000261. The van der Waals surface area contributed by atoms with Crippen LogP contribution in [0.4, 0.5) is 11.6 Å². The predicted molar refractivity (Wildman–Crippen MR) is 189 cm³/mol.